The highest BCUT2D eigenvalue weighted by Gasteiger charge is 2.20. The fraction of sp³-hybridized carbons (Fsp3) is 0.364. The summed E-state index contributed by atoms with van der Waals surface area (Å²) in [5, 5.41) is 12.6. The van der Waals surface area contributed by atoms with Crippen molar-refractivity contribution in [3.8, 4) is 0 Å². The van der Waals surface area contributed by atoms with Gasteiger partial charge in [0.05, 0.1) is 5.60 Å². The van der Waals surface area contributed by atoms with Gasteiger partial charge in [0, 0.05) is 19.2 Å². The van der Waals surface area contributed by atoms with Gasteiger partial charge in [-0.1, -0.05) is 12.1 Å². The minimum absolute atomic E-state index is 0.135. The van der Waals surface area contributed by atoms with E-state index in [2.05, 4.69) is 5.32 Å². The Morgan fingerprint density at radius 2 is 2.27 bits per heavy atom. The molecule has 1 aromatic carbocycles. The molecule has 1 unspecified atom stereocenters. The number of carbonyl (C=O) groups is 1. The van der Waals surface area contributed by atoms with Crippen molar-refractivity contribution in [2.75, 3.05) is 11.9 Å². The molecule has 0 aliphatic heterocycles. The Hall–Kier alpha value is -1.39. The number of benzene rings is 1. The molecule has 0 aliphatic carbocycles. The zero-order chi connectivity index (χ0) is 11.5. The number of hydrogen-bond acceptors (Lipinski definition) is 3. The van der Waals surface area contributed by atoms with Gasteiger partial charge >= 0.3 is 0 Å². The van der Waals surface area contributed by atoms with Crippen LogP contribution in [-0.2, 0) is 10.4 Å². The van der Waals surface area contributed by atoms with Crippen molar-refractivity contribution in [2.45, 2.75) is 19.4 Å². The van der Waals surface area contributed by atoms with Crippen LogP contribution in [0.25, 0.3) is 0 Å². The van der Waals surface area contributed by atoms with Crippen LogP contribution in [0.4, 0.5) is 5.69 Å². The van der Waals surface area contributed by atoms with Gasteiger partial charge in [0.25, 0.3) is 0 Å². The number of amides is 1. The van der Waals surface area contributed by atoms with Gasteiger partial charge in [-0.2, -0.15) is 0 Å². The van der Waals surface area contributed by atoms with Crippen molar-refractivity contribution < 1.29 is 9.90 Å². The normalized spacial score (nSPS) is 14.4. The van der Waals surface area contributed by atoms with Gasteiger partial charge in [0.1, 0.15) is 0 Å². The smallest absolute Gasteiger partial charge is 0.221 e. The summed E-state index contributed by atoms with van der Waals surface area (Å²) in [6, 6.07) is 7.02. The Morgan fingerprint density at radius 3 is 2.80 bits per heavy atom. The fourth-order valence-corrected chi connectivity index (χ4v) is 1.25. The molecule has 1 amide bonds. The molecule has 0 fully saturated rings. The second-order valence-electron chi connectivity index (χ2n) is 3.74. The lowest BCUT2D eigenvalue weighted by atomic mass is 9.96. The summed E-state index contributed by atoms with van der Waals surface area (Å²) in [6.45, 7) is 3.21. The molecule has 4 nitrogen and oxygen atoms in total. The number of carbonyl (C=O) groups excluding carboxylic acids is 1. The Morgan fingerprint density at radius 1 is 1.60 bits per heavy atom. The molecule has 4 N–H and O–H groups in total. The van der Waals surface area contributed by atoms with Gasteiger partial charge in [0.15, 0.2) is 0 Å². The molecule has 0 saturated heterocycles. The van der Waals surface area contributed by atoms with Gasteiger partial charge in [-0.15, -0.1) is 0 Å². The summed E-state index contributed by atoms with van der Waals surface area (Å²) in [7, 11) is 0. The van der Waals surface area contributed by atoms with Crippen molar-refractivity contribution in [3.05, 3.63) is 29.8 Å². The summed E-state index contributed by atoms with van der Waals surface area (Å²) >= 11 is 0. The first-order chi connectivity index (χ1) is 6.95. The predicted molar refractivity (Wildman–Crippen MR) is 59.4 cm³/mol. The molecule has 4 heteroatoms. The third-order valence-corrected chi connectivity index (χ3v) is 2.20. The molecular formula is C11H16N2O2. The molecule has 0 bridgehead atoms. The van der Waals surface area contributed by atoms with E-state index in [9.17, 15) is 9.90 Å². The Bertz CT molecular complexity index is 361. The van der Waals surface area contributed by atoms with Crippen molar-refractivity contribution in [3.63, 3.8) is 0 Å². The highest BCUT2D eigenvalue weighted by molar-refractivity contribution is 5.88. The quantitative estimate of drug-likeness (QED) is 0.688. The monoisotopic (exact) mass is 208 g/mol. The number of anilines is 1. The van der Waals surface area contributed by atoms with Gasteiger partial charge < -0.3 is 16.2 Å². The van der Waals surface area contributed by atoms with Crippen LogP contribution < -0.4 is 11.1 Å². The fourth-order valence-electron chi connectivity index (χ4n) is 1.25. The molecule has 15 heavy (non-hydrogen) atoms. The Kier molecular flexibility index (Phi) is 3.44. The standard InChI is InChI=1S/C11H16N2O2/c1-8(14)13-10-5-3-4-9(6-10)11(2,15)7-12/h3-6,15H,7,12H2,1-2H3,(H,13,14). The minimum atomic E-state index is -1.06. The lowest BCUT2D eigenvalue weighted by Gasteiger charge is -2.22. The molecule has 1 aromatic rings. The van der Waals surface area contributed by atoms with Crippen LogP contribution in [0.1, 0.15) is 19.4 Å². The van der Waals surface area contributed by atoms with Gasteiger partial charge in [0.2, 0.25) is 5.91 Å². The molecule has 82 valence electrons. The van der Waals surface area contributed by atoms with E-state index in [4.69, 9.17) is 5.73 Å². The molecule has 1 atom stereocenters. The second kappa shape index (κ2) is 4.42. The van der Waals surface area contributed by atoms with E-state index in [1.54, 1.807) is 31.2 Å². The van der Waals surface area contributed by atoms with Gasteiger partial charge in [-0.05, 0) is 24.6 Å². The molecule has 0 aliphatic rings. The third kappa shape index (κ3) is 3.04. The average Bonchev–Trinajstić information content (AvgIpc) is 2.17. The number of hydrogen-bond donors (Lipinski definition) is 3. The van der Waals surface area contributed by atoms with Crippen LogP contribution >= 0.6 is 0 Å². The van der Waals surface area contributed by atoms with E-state index < -0.39 is 5.60 Å². The highest BCUT2D eigenvalue weighted by atomic mass is 16.3. The summed E-state index contributed by atoms with van der Waals surface area (Å²) in [6.07, 6.45) is 0. The van der Waals surface area contributed by atoms with Crippen LogP contribution in [0.15, 0.2) is 24.3 Å². The lowest BCUT2D eigenvalue weighted by molar-refractivity contribution is -0.114. The van der Waals surface area contributed by atoms with Gasteiger partial charge in [-0.3, -0.25) is 4.79 Å². The topological polar surface area (TPSA) is 75.3 Å². The SMILES string of the molecule is CC(=O)Nc1cccc(C(C)(O)CN)c1. The number of nitrogens with two attached hydrogens (primary N) is 1. The van der Waals surface area contributed by atoms with Crippen molar-refractivity contribution >= 4 is 11.6 Å². The Balaban J connectivity index is 2.97. The zero-order valence-electron chi connectivity index (χ0n) is 8.95. The molecule has 1 rings (SSSR count). The maximum atomic E-state index is 10.8. The largest absolute Gasteiger partial charge is 0.384 e. The summed E-state index contributed by atoms with van der Waals surface area (Å²) in [4.78, 5) is 10.8. The summed E-state index contributed by atoms with van der Waals surface area (Å²) in [5.74, 6) is -0.139. The van der Waals surface area contributed by atoms with Crippen LogP contribution in [0.2, 0.25) is 0 Å². The molecule has 0 radical (unpaired) electrons. The first-order valence-corrected chi connectivity index (χ1v) is 4.76. The van der Waals surface area contributed by atoms with E-state index in [0.29, 0.717) is 11.3 Å². The van der Waals surface area contributed by atoms with E-state index in [-0.39, 0.29) is 12.5 Å². The lowest BCUT2D eigenvalue weighted by Crippen LogP contribution is -2.31. The molecular weight excluding hydrogens is 192 g/mol. The molecule has 0 saturated carbocycles. The predicted octanol–water partition coefficient (Wildman–Crippen LogP) is 0.811. The van der Waals surface area contributed by atoms with E-state index >= 15 is 0 Å². The van der Waals surface area contributed by atoms with E-state index in [1.165, 1.54) is 6.92 Å². The maximum Gasteiger partial charge on any atom is 0.221 e. The maximum absolute atomic E-state index is 10.8. The number of nitrogens with one attached hydrogen (secondary N) is 1. The van der Waals surface area contributed by atoms with Crippen LogP contribution in [0.3, 0.4) is 0 Å². The molecule has 0 heterocycles. The third-order valence-electron chi connectivity index (χ3n) is 2.20. The van der Waals surface area contributed by atoms with Gasteiger partial charge in [-0.25, -0.2) is 0 Å². The number of aliphatic hydroxyl groups is 1. The first kappa shape index (κ1) is 11.7. The first-order valence-electron chi connectivity index (χ1n) is 4.76. The van der Waals surface area contributed by atoms with Crippen LogP contribution in [-0.4, -0.2) is 17.6 Å². The molecule has 0 spiro atoms. The summed E-state index contributed by atoms with van der Waals surface area (Å²) < 4.78 is 0. The van der Waals surface area contributed by atoms with E-state index in [1.807, 2.05) is 0 Å². The molecule has 0 aromatic heterocycles. The van der Waals surface area contributed by atoms with Crippen LogP contribution in [0, 0.1) is 0 Å². The van der Waals surface area contributed by atoms with Crippen LogP contribution in [0.5, 0.6) is 0 Å². The summed E-state index contributed by atoms with van der Waals surface area (Å²) in [5.41, 5.74) is 5.74. The minimum Gasteiger partial charge on any atom is -0.384 e. The average molecular weight is 208 g/mol. The zero-order valence-corrected chi connectivity index (χ0v) is 8.95. The second-order valence-corrected chi connectivity index (χ2v) is 3.74. The Labute approximate surface area is 89.1 Å². The number of rotatable bonds is 3. The highest BCUT2D eigenvalue weighted by Crippen LogP contribution is 2.22. The van der Waals surface area contributed by atoms with Crippen molar-refractivity contribution in [1.82, 2.24) is 0 Å². The van der Waals surface area contributed by atoms with Crippen molar-refractivity contribution in [2.24, 2.45) is 5.73 Å². The van der Waals surface area contributed by atoms with Crippen molar-refractivity contribution in [1.29, 1.82) is 0 Å². The van der Waals surface area contributed by atoms with E-state index in [0.717, 1.165) is 0 Å².